The quantitative estimate of drug-likeness (QED) is 0.510. The normalized spacial score (nSPS) is 11.5. The van der Waals surface area contributed by atoms with Gasteiger partial charge in [0.1, 0.15) is 6.33 Å². The standard InChI is InChI=1S/C20H20F3N5O2S/c1-13(2)14-3-6-16(7-4-14)28-12-25-27-19(28)31-10-17(29)26-15-5-8-18(24-9-15)30-11-20(21,22)23/h3-9,12-13H,10-11H2,1-2H3,(H,26,29). The highest BCUT2D eigenvalue weighted by atomic mass is 32.2. The lowest BCUT2D eigenvalue weighted by atomic mass is 10.0. The Morgan fingerprint density at radius 1 is 1.19 bits per heavy atom. The van der Waals surface area contributed by atoms with Crippen LogP contribution < -0.4 is 10.1 Å². The first-order valence-electron chi connectivity index (χ1n) is 9.30. The molecule has 7 nitrogen and oxygen atoms in total. The number of pyridine rings is 1. The van der Waals surface area contributed by atoms with Crippen LogP contribution in [0.2, 0.25) is 0 Å². The highest BCUT2D eigenvalue weighted by Crippen LogP contribution is 2.22. The van der Waals surface area contributed by atoms with Gasteiger partial charge in [-0.05, 0) is 29.7 Å². The third-order valence-corrected chi connectivity index (χ3v) is 5.03. The number of anilines is 1. The number of rotatable bonds is 8. The van der Waals surface area contributed by atoms with Crippen LogP contribution in [0.1, 0.15) is 25.3 Å². The van der Waals surface area contributed by atoms with E-state index in [1.165, 1.54) is 35.7 Å². The van der Waals surface area contributed by atoms with Crippen molar-refractivity contribution in [2.24, 2.45) is 0 Å². The van der Waals surface area contributed by atoms with Crippen molar-refractivity contribution in [2.75, 3.05) is 17.7 Å². The number of thioether (sulfide) groups is 1. The molecule has 0 saturated heterocycles. The van der Waals surface area contributed by atoms with Crippen LogP contribution in [0.3, 0.4) is 0 Å². The molecule has 0 radical (unpaired) electrons. The van der Waals surface area contributed by atoms with Gasteiger partial charge in [0.05, 0.1) is 17.6 Å². The van der Waals surface area contributed by atoms with E-state index in [1.807, 2.05) is 24.3 Å². The maximum absolute atomic E-state index is 12.2. The SMILES string of the molecule is CC(C)c1ccc(-n2cnnc2SCC(=O)Nc2ccc(OCC(F)(F)F)nc2)cc1. The Labute approximate surface area is 181 Å². The summed E-state index contributed by atoms with van der Waals surface area (Å²) in [6, 6.07) is 10.7. The van der Waals surface area contributed by atoms with Crippen LogP contribution in [0.5, 0.6) is 5.88 Å². The molecule has 0 unspecified atom stereocenters. The number of hydrogen-bond acceptors (Lipinski definition) is 6. The molecule has 31 heavy (non-hydrogen) atoms. The number of ether oxygens (including phenoxy) is 1. The largest absolute Gasteiger partial charge is 0.468 e. The van der Waals surface area contributed by atoms with Gasteiger partial charge in [-0.2, -0.15) is 13.2 Å². The molecule has 11 heteroatoms. The molecule has 164 valence electrons. The molecule has 0 aliphatic heterocycles. The van der Waals surface area contributed by atoms with Crippen LogP contribution in [0.4, 0.5) is 18.9 Å². The fourth-order valence-corrected chi connectivity index (χ4v) is 3.27. The molecular formula is C20H20F3N5O2S. The number of benzene rings is 1. The van der Waals surface area contributed by atoms with Crippen molar-refractivity contribution in [3.63, 3.8) is 0 Å². The van der Waals surface area contributed by atoms with Crippen LogP contribution in [0, 0.1) is 0 Å². The third-order valence-electron chi connectivity index (χ3n) is 4.09. The molecule has 1 aromatic carbocycles. The zero-order valence-electron chi connectivity index (χ0n) is 16.8. The minimum atomic E-state index is -4.44. The van der Waals surface area contributed by atoms with Crippen LogP contribution in [-0.4, -0.2) is 44.2 Å². The number of amides is 1. The molecule has 0 saturated carbocycles. The van der Waals surface area contributed by atoms with Crippen LogP contribution in [-0.2, 0) is 4.79 Å². The summed E-state index contributed by atoms with van der Waals surface area (Å²) >= 11 is 1.21. The van der Waals surface area contributed by atoms with E-state index < -0.39 is 12.8 Å². The summed E-state index contributed by atoms with van der Waals surface area (Å²) in [7, 11) is 0. The molecule has 0 fully saturated rings. The van der Waals surface area contributed by atoms with Gasteiger partial charge in [0.25, 0.3) is 0 Å². The molecule has 0 aliphatic carbocycles. The first-order valence-corrected chi connectivity index (χ1v) is 10.3. The topological polar surface area (TPSA) is 81.9 Å². The van der Waals surface area contributed by atoms with Gasteiger partial charge in [-0.1, -0.05) is 37.7 Å². The number of alkyl halides is 3. The first kappa shape index (κ1) is 22.6. The molecule has 0 spiro atoms. The lowest BCUT2D eigenvalue weighted by molar-refractivity contribution is -0.154. The number of aromatic nitrogens is 4. The van der Waals surface area contributed by atoms with E-state index >= 15 is 0 Å². The number of carbonyl (C=O) groups excluding carboxylic acids is 1. The second kappa shape index (κ2) is 9.82. The zero-order valence-corrected chi connectivity index (χ0v) is 17.6. The number of halogens is 3. The van der Waals surface area contributed by atoms with Gasteiger partial charge in [-0.15, -0.1) is 10.2 Å². The van der Waals surface area contributed by atoms with E-state index in [9.17, 15) is 18.0 Å². The Morgan fingerprint density at radius 2 is 1.94 bits per heavy atom. The number of nitrogens with zero attached hydrogens (tertiary/aromatic N) is 4. The van der Waals surface area contributed by atoms with Crippen molar-refractivity contribution in [2.45, 2.75) is 31.1 Å². The predicted octanol–water partition coefficient (Wildman–Crippen LogP) is 4.46. The Kier molecular flexibility index (Phi) is 7.16. The number of carbonyl (C=O) groups is 1. The molecule has 3 rings (SSSR count). The second-order valence-electron chi connectivity index (χ2n) is 6.86. The summed E-state index contributed by atoms with van der Waals surface area (Å²) in [6.45, 7) is 2.81. The van der Waals surface area contributed by atoms with E-state index in [0.29, 0.717) is 16.8 Å². The number of nitrogens with one attached hydrogen (secondary N) is 1. The lowest BCUT2D eigenvalue weighted by Crippen LogP contribution is -2.19. The second-order valence-corrected chi connectivity index (χ2v) is 7.80. The van der Waals surface area contributed by atoms with E-state index in [1.54, 1.807) is 10.9 Å². The van der Waals surface area contributed by atoms with Gasteiger partial charge < -0.3 is 10.1 Å². The van der Waals surface area contributed by atoms with Gasteiger partial charge in [-0.25, -0.2) is 4.98 Å². The molecule has 0 bridgehead atoms. The molecule has 2 heterocycles. The molecule has 3 aromatic rings. The van der Waals surface area contributed by atoms with Gasteiger partial charge >= 0.3 is 6.18 Å². The Hall–Kier alpha value is -3.08. The van der Waals surface area contributed by atoms with Crippen molar-refractivity contribution >= 4 is 23.4 Å². The molecule has 0 atom stereocenters. The van der Waals surface area contributed by atoms with E-state index in [0.717, 1.165) is 5.69 Å². The zero-order chi connectivity index (χ0) is 22.4. The highest BCUT2D eigenvalue weighted by molar-refractivity contribution is 7.99. The lowest BCUT2D eigenvalue weighted by Gasteiger charge is -2.10. The fourth-order valence-electron chi connectivity index (χ4n) is 2.54. The summed E-state index contributed by atoms with van der Waals surface area (Å²) in [6.07, 6.45) is -1.63. The first-order chi connectivity index (χ1) is 14.7. The van der Waals surface area contributed by atoms with Crippen molar-refractivity contribution in [3.05, 3.63) is 54.5 Å². The highest BCUT2D eigenvalue weighted by Gasteiger charge is 2.28. The van der Waals surface area contributed by atoms with Crippen LogP contribution >= 0.6 is 11.8 Å². The Balaban J connectivity index is 1.54. The Bertz CT molecular complexity index is 1000. The summed E-state index contributed by atoms with van der Waals surface area (Å²) < 4.78 is 42.8. The molecule has 2 aromatic heterocycles. The van der Waals surface area contributed by atoms with E-state index in [4.69, 9.17) is 0 Å². The van der Waals surface area contributed by atoms with Gasteiger partial charge in [0.15, 0.2) is 11.8 Å². The maximum atomic E-state index is 12.2. The average Bonchev–Trinajstić information content (AvgIpc) is 3.20. The summed E-state index contributed by atoms with van der Waals surface area (Å²) in [5.74, 6) is -0.0104. The van der Waals surface area contributed by atoms with Crippen molar-refractivity contribution in [1.82, 2.24) is 19.7 Å². The third kappa shape index (κ3) is 6.71. The van der Waals surface area contributed by atoms with Crippen molar-refractivity contribution in [3.8, 4) is 11.6 Å². The monoisotopic (exact) mass is 451 g/mol. The predicted molar refractivity (Wildman–Crippen MR) is 111 cm³/mol. The minimum absolute atomic E-state index is 0.0646. The maximum Gasteiger partial charge on any atom is 0.422 e. The van der Waals surface area contributed by atoms with Gasteiger partial charge in [-0.3, -0.25) is 9.36 Å². The summed E-state index contributed by atoms with van der Waals surface area (Å²) in [5, 5.41) is 11.2. The van der Waals surface area contributed by atoms with Gasteiger partial charge in [0.2, 0.25) is 11.8 Å². The molecule has 1 amide bonds. The minimum Gasteiger partial charge on any atom is -0.468 e. The summed E-state index contributed by atoms with van der Waals surface area (Å²) in [4.78, 5) is 16.0. The van der Waals surface area contributed by atoms with Gasteiger partial charge in [0, 0.05) is 11.8 Å². The smallest absolute Gasteiger partial charge is 0.422 e. The van der Waals surface area contributed by atoms with Crippen molar-refractivity contribution < 1.29 is 22.7 Å². The molecule has 0 aliphatic rings. The summed E-state index contributed by atoms with van der Waals surface area (Å²) in [5.41, 5.74) is 2.44. The average molecular weight is 451 g/mol. The molecular weight excluding hydrogens is 431 g/mol. The number of hydrogen-bond donors (Lipinski definition) is 1. The van der Waals surface area contributed by atoms with E-state index in [-0.39, 0.29) is 17.5 Å². The van der Waals surface area contributed by atoms with E-state index in [2.05, 4.69) is 39.1 Å². The van der Waals surface area contributed by atoms with Crippen LogP contribution in [0.15, 0.2) is 54.1 Å². The molecule has 1 N–H and O–H groups in total. The van der Waals surface area contributed by atoms with Crippen LogP contribution in [0.25, 0.3) is 5.69 Å². The van der Waals surface area contributed by atoms with Crippen molar-refractivity contribution in [1.29, 1.82) is 0 Å². The fraction of sp³-hybridized carbons (Fsp3) is 0.300. The Morgan fingerprint density at radius 3 is 2.55 bits per heavy atom.